The van der Waals surface area contributed by atoms with E-state index in [2.05, 4.69) is 21.2 Å². The largest absolute Gasteiger partial charge is 0.488 e. The maximum atomic E-state index is 12.8. The molecular formula is C29H23BrN2O2. The molecule has 0 aliphatic heterocycles. The molecule has 0 saturated carbocycles. The zero-order chi connectivity index (χ0) is 24.1. The van der Waals surface area contributed by atoms with E-state index in [0.29, 0.717) is 12.3 Å². The van der Waals surface area contributed by atoms with E-state index in [9.17, 15) is 10.1 Å². The number of carbonyl (C=O) groups excluding carboxylic acids is 1. The molecule has 1 amide bonds. The highest BCUT2D eigenvalue weighted by molar-refractivity contribution is 9.10. The fraction of sp³-hybridized carbons (Fsp3) is 0.103. The maximum absolute atomic E-state index is 12.8. The van der Waals surface area contributed by atoms with E-state index >= 15 is 0 Å². The lowest BCUT2D eigenvalue weighted by molar-refractivity contribution is -0.112. The molecule has 4 aromatic carbocycles. The minimum atomic E-state index is -0.441. The summed E-state index contributed by atoms with van der Waals surface area (Å²) >= 11 is 3.44. The Morgan fingerprint density at radius 1 is 0.971 bits per heavy atom. The summed E-state index contributed by atoms with van der Waals surface area (Å²) < 4.78 is 7.09. The van der Waals surface area contributed by atoms with Gasteiger partial charge in [0, 0.05) is 10.2 Å². The van der Waals surface area contributed by atoms with Gasteiger partial charge in [-0.3, -0.25) is 4.79 Å². The second-order valence-electron chi connectivity index (χ2n) is 8.08. The molecule has 0 aromatic heterocycles. The summed E-state index contributed by atoms with van der Waals surface area (Å²) in [6.45, 7) is 4.38. The fourth-order valence-corrected chi connectivity index (χ4v) is 4.08. The first-order valence-electron chi connectivity index (χ1n) is 10.8. The number of fused-ring (bicyclic) bond motifs is 1. The average molecular weight is 511 g/mol. The molecule has 5 heteroatoms. The summed E-state index contributed by atoms with van der Waals surface area (Å²) in [5.41, 5.74) is 4.41. The van der Waals surface area contributed by atoms with Crippen LogP contribution in [0.4, 0.5) is 5.69 Å². The molecule has 4 rings (SSSR count). The Bertz CT molecular complexity index is 1410. The van der Waals surface area contributed by atoms with Crippen molar-refractivity contribution in [3.8, 4) is 11.8 Å². The van der Waals surface area contributed by atoms with Crippen LogP contribution in [0.15, 0.2) is 88.9 Å². The lowest BCUT2D eigenvalue weighted by Crippen LogP contribution is -2.13. The topological polar surface area (TPSA) is 62.1 Å². The van der Waals surface area contributed by atoms with Gasteiger partial charge < -0.3 is 10.1 Å². The predicted molar refractivity (Wildman–Crippen MR) is 141 cm³/mol. The first kappa shape index (κ1) is 23.3. The fourth-order valence-electron chi connectivity index (χ4n) is 3.81. The van der Waals surface area contributed by atoms with E-state index in [4.69, 9.17) is 4.74 Å². The van der Waals surface area contributed by atoms with Crippen molar-refractivity contribution in [1.29, 1.82) is 5.26 Å². The monoisotopic (exact) mass is 510 g/mol. The molecule has 34 heavy (non-hydrogen) atoms. The number of hydrogen-bond donors (Lipinski definition) is 1. The third-order valence-corrected chi connectivity index (χ3v) is 5.99. The number of nitriles is 1. The minimum Gasteiger partial charge on any atom is -0.488 e. The van der Waals surface area contributed by atoms with Crippen molar-refractivity contribution in [3.63, 3.8) is 0 Å². The number of carbonyl (C=O) groups is 1. The van der Waals surface area contributed by atoms with Crippen LogP contribution in [0.25, 0.3) is 16.8 Å². The van der Waals surface area contributed by atoms with Gasteiger partial charge in [0.15, 0.2) is 0 Å². The van der Waals surface area contributed by atoms with Crippen LogP contribution in [-0.2, 0) is 11.4 Å². The zero-order valence-electron chi connectivity index (χ0n) is 18.9. The highest BCUT2D eigenvalue weighted by Gasteiger charge is 2.12. The molecule has 4 nitrogen and oxygen atoms in total. The van der Waals surface area contributed by atoms with Gasteiger partial charge in [-0.15, -0.1) is 0 Å². The van der Waals surface area contributed by atoms with Gasteiger partial charge in [-0.05, 0) is 89.3 Å². The highest BCUT2D eigenvalue weighted by atomic mass is 79.9. The first-order valence-corrected chi connectivity index (χ1v) is 11.6. The molecule has 1 N–H and O–H groups in total. The summed E-state index contributed by atoms with van der Waals surface area (Å²) in [5, 5.41) is 14.6. The van der Waals surface area contributed by atoms with Crippen molar-refractivity contribution < 1.29 is 9.53 Å². The summed E-state index contributed by atoms with van der Waals surface area (Å²) in [5.74, 6) is 0.364. The van der Waals surface area contributed by atoms with E-state index in [-0.39, 0.29) is 5.57 Å². The molecule has 0 spiro atoms. The van der Waals surface area contributed by atoms with Gasteiger partial charge in [0.1, 0.15) is 24.0 Å². The van der Waals surface area contributed by atoms with Gasteiger partial charge >= 0.3 is 0 Å². The number of anilines is 1. The average Bonchev–Trinajstić information content (AvgIpc) is 2.83. The molecule has 0 unspecified atom stereocenters. The Hall–Kier alpha value is -3.88. The first-order chi connectivity index (χ1) is 16.4. The maximum Gasteiger partial charge on any atom is 0.266 e. The second kappa shape index (κ2) is 10.4. The molecule has 0 fully saturated rings. The number of hydrogen-bond acceptors (Lipinski definition) is 3. The van der Waals surface area contributed by atoms with Crippen LogP contribution in [0.3, 0.4) is 0 Å². The van der Waals surface area contributed by atoms with Crippen LogP contribution in [0.5, 0.6) is 5.75 Å². The normalized spacial score (nSPS) is 11.2. The van der Waals surface area contributed by atoms with Crippen LogP contribution >= 0.6 is 15.9 Å². The second-order valence-corrected chi connectivity index (χ2v) is 9.00. The van der Waals surface area contributed by atoms with Crippen LogP contribution in [0, 0.1) is 25.2 Å². The van der Waals surface area contributed by atoms with E-state index in [1.807, 2.05) is 98.8 Å². The standard InChI is InChI=1S/C29H23BrN2O2/c1-19-13-22(14-20(2)28(19)34-18-21-7-10-26(30)11-8-21)15-25(17-31)29(33)32-27-12-9-23-5-3-4-6-24(23)16-27/h3-16H,18H2,1-2H3,(H,32,33)/b25-15+. The van der Waals surface area contributed by atoms with E-state index in [1.54, 1.807) is 6.08 Å². The number of aryl methyl sites for hydroxylation is 2. The number of amides is 1. The summed E-state index contributed by atoms with van der Waals surface area (Å²) in [7, 11) is 0. The summed E-state index contributed by atoms with van der Waals surface area (Å²) in [4.78, 5) is 12.8. The van der Waals surface area contributed by atoms with Crippen LogP contribution < -0.4 is 10.1 Å². The Morgan fingerprint density at radius 3 is 2.32 bits per heavy atom. The number of nitrogens with zero attached hydrogens (tertiary/aromatic N) is 1. The Morgan fingerprint density at radius 2 is 1.65 bits per heavy atom. The van der Waals surface area contributed by atoms with Crippen molar-refractivity contribution in [1.82, 2.24) is 0 Å². The van der Waals surface area contributed by atoms with Crippen molar-refractivity contribution in [2.75, 3.05) is 5.32 Å². The number of ether oxygens (including phenoxy) is 1. The highest BCUT2D eigenvalue weighted by Crippen LogP contribution is 2.27. The minimum absolute atomic E-state index is 0.0375. The van der Waals surface area contributed by atoms with Gasteiger partial charge in [-0.1, -0.05) is 58.4 Å². The third-order valence-electron chi connectivity index (χ3n) is 5.46. The molecule has 0 heterocycles. The van der Waals surface area contributed by atoms with Gasteiger partial charge in [0.2, 0.25) is 0 Å². The summed E-state index contributed by atoms with van der Waals surface area (Å²) in [6, 6.07) is 27.5. The van der Waals surface area contributed by atoms with Crippen molar-refractivity contribution in [2.24, 2.45) is 0 Å². The van der Waals surface area contributed by atoms with Gasteiger partial charge in [-0.25, -0.2) is 0 Å². The molecular weight excluding hydrogens is 488 g/mol. The van der Waals surface area contributed by atoms with Crippen molar-refractivity contribution in [3.05, 3.63) is 111 Å². The summed E-state index contributed by atoms with van der Waals surface area (Å²) in [6.07, 6.45) is 1.61. The third kappa shape index (κ3) is 5.54. The molecule has 0 aliphatic rings. The van der Waals surface area contributed by atoms with Gasteiger partial charge in [0.25, 0.3) is 5.91 Å². The molecule has 0 saturated heterocycles. The van der Waals surface area contributed by atoms with Crippen molar-refractivity contribution in [2.45, 2.75) is 20.5 Å². The zero-order valence-corrected chi connectivity index (χ0v) is 20.5. The van der Waals surface area contributed by atoms with Crippen LogP contribution in [0.2, 0.25) is 0 Å². The molecule has 0 atom stereocenters. The van der Waals surface area contributed by atoms with Crippen molar-refractivity contribution >= 4 is 44.4 Å². The van der Waals surface area contributed by atoms with Gasteiger partial charge in [0.05, 0.1) is 0 Å². The van der Waals surface area contributed by atoms with Crippen LogP contribution in [-0.4, -0.2) is 5.91 Å². The molecule has 0 aliphatic carbocycles. The lowest BCUT2D eigenvalue weighted by Gasteiger charge is -2.14. The molecule has 0 bridgehead atoms. The van der Waals surface area contributed by atoms with E-state index in [1.165, 1.54) is 0 Å². The van der Waals surface area contributed by atoms with E-state index in [0.717, 1.165) is 43.2 Å². The quantitative estimate of drug-likeness (QED) is 0.218. The Balaban J connectivity index is 1.50. The Kier molecular flexibility index (Phi) is 7.10. The molecule has 168 valence electrons. The molecule has 4 aromatic rings. The number of nitrogens with one attached hydrogen (secondary N) is 1. The Labute approximate surface area is 207 Å². The number of benzene rings is 4. The lowest BCUT2D eigenvalue weighted by atomic mass is 10.0. The SMILES string of the molecule is Cc1cc(/C=C(\C#N)C(=O)Nc2ccc3ccccc3c2)cc(C)c1OCc1ccc(Br)cc1. The number of halogens is 1. The molecule has 0 radical (unpaired) electrons. The van der Waals surface area contributed by atoms with E-state index < -0.39 is 5.91 Å². The predicted octanol–water partition coefficient (Wildman–Crippen LogP) is 7.34. The van der Waals surface area contributed by atoms with Crippen LogP contribution in [0.1, 0.15) is 22.3 Å². The number of rotatable bonds is 6. The smallest absolute Gasteiger partial charge is 0.266 e. The van der Waals surface area contributed by atoms with Gasteiger partial charge in [-0.2, -0.15) is 5.26 Å².